The van der Waals surface area contributed by atoms with Crippen molar-refractivity contribution >= 4 is 11.7 Å². The summed E-state index contributed by atoms with van der Waals surface area (Å²) < 4.78 is 47.6. The second-order valence-corrected chi connectivity index (χ2v) is 7.51. The van der Waals surface area contributed by atoms with Crippen LogP contribution in [-0.2, 0) is 9.53 Å². The van der Waals surface area contributed by atoms with E-state index in [1.54, 1.807) is 6.92 Å². The number of carbonyl (C=O) groups excluding carboxylic acids is 2. The Hall–Kier alpha value is -2.16. The first-order valence-corrected chi connectivity index (χ1v) is 8.69. The molecule has 1 saturated carbocycles. The molecule has 148 valence electrons. The summed E-state index contributed by atoms with van der Waals surface area (Å²) in [4.78, 5) is 28.5. The Kier molecular flexibility index (Phi) is 5.16. The van der Waals surface area contributed by atoms with E-state index in [1.165, 1.54) is 12.3 Å². The van der Waals surface area contributed by atoms with E-state index >= 15 is 0 Å². The fourth-order valence-corrected chi connectivity index (χ4v) is 3.19. The average molecular weight is 386 g/mol. The van der Waals surface area contributed by atoms with Gasteiger partial charge in [0.1, 0.15) is 11.4 Å². The summed E-state index contributed by atoms with van der Waals surface area (Å²) in [7, 11) is 0. The first-order chi connectivity index (χ1) is 12.6. The van der Waals surface area contributed by atoms with Crippen molar-refractivity contribution in [1.29, 1.82) is 0 Å². The Morgan fingerprint density at radius 2 is 2.07 bits per heavy atom. The maximum absolute atomic E-state index is 12.6. The lowest BCUT2D eigenvalue weighted by Crippen LogP contribution is -2.51. The highest BCUT2D eigenvalue weighted by Gasteiger charge is 2.45. The van der Waals surface area contributed by atoms with E-state index in [9.17, 15) is 22.8 Å². The largest absolute Gasteiger partial charge is 0.484 e. The van der Waals surface area contributed by atoms with Gasteiger partial charge in [0.15, 0.2) is 12.4 Å². The molecule has 1 aliphatic carbocycles. The van der Waals surface area contributed by atoms with Crippen molar-refractivity contribution in [1.82, 2.24) is 4.98 Å². The van der Waals surface area contributed by atoms with Crippen molar-refractivity contribution in [3.63, 3.8) is 0 Å². The van der Waals surface area contributed by atoms with Crippen LogP contribution >= 0.6 is 0 Å². The molecule has 1 aliphatic heterocycles. The van der Waals surface area contributed by atoms with Gasteiger partial charge in [-0.05, 0) is 18.8 Å². The number of carbonyl (C=O) groups is 2. The Morgan fingerprint density at radius 1 is 1.41 bits per heavy atom. The molecule has 27 heavy (non-hydrogen) atoms. The van der Waals surface area contributed by atoms with Gasteiger partial charge in [-0.15, -0.1) is 0 Å². The number of rotatable bonds is 8. The fraction of sp³-hybridized carbons (Fsp3) is 0.611. The molecule has 0 aromatic carbocycles. The standard InChI is InChI=1S/C18H21F3N2O4/c1-17(7-26-8-17)12(16(22)25)4-14(24)13-5-15(27-9-18(19,20)21)11(6-23-13)10-2-3-10/h5-6,10,12H,2-4,7-9H2,1H3,(H2,22,25). The van der Waals surface area contributed by atoms with Gasteiger partial charge in [0.2, 0.25) is 5.91 Å². The Bertz CT molecular complexity index is 743. The van der Waals surface area contributed by atoms with E-state index in [0.717, 1.165) is 12.8 Å². The summed E-state index contributed by atoms with van der Waals surface area (Å²) in [5.74, 6) is -1.69. The molecule has 0 spiro atoms. The average Bonchev–Trinajstić information content (AvgIpc) is 3.39. The lowest BCUT2D eigenvalue weighted by Gasteiger charge is -2.42. The molecular weight excluding hydrogens is 365 g/mol. The molecule has 2 N–H and O–H groups in total. The molecule has 1 atom stereocenters. The molecule has 1 amide bonds. The first-order valence-electron chi connectivity index (χ1n) is 8.69. The number of Topliss-reactive ketones (excluding diaryl/α,β-unsaturated/α-hetero) is 1. The highest BCUT2D eigenvalue weighted by Crippen LogP contribution is 2.44. The predicted molar refractivity (Wildman–Crippen MR) is 88.3 cm³/mol. The fourth-order valence-electron chi connectivity index (χ4n) is 3.19. The molecule has 9 heteroatoms. The molecule has 2 fully saturated rings. The number of ether oxygens (including phenoxy) is 2. The second-order valence-electron chi connectivity index (χ2n) is 7.51. The van der Waals surface area contributed by atoms with Crippen molar-refractivity contribution in [2.45, 2.75) is 38.3 Å². The number of nitrogens with two attached hydrogens (primary N) is 1. The summed E-state index contributed by atoms with van der Waals surface area (Å²) >= 11 is 0. The van der Waals surface area contributed by atoms with E-state index in [0.29, 0.717) is 18.8 Å². The molecular formula is C18H21F3N2O4. The molecule has 6 nitrogen and oxygen atoms in total. The number of alkyl halides is 3. The molecule has 2 heterocycles. The number of hydrogen-bond donors (Lipinski definition) is 1. The number of halogens is 3. The Labute approximate surface area is 154 Å². The maximum Gasteiger partial charge on any atom is 0.422 e. The highest BCUT2D eigenvalue weighted by atomic mass is 19.4. The smallest absolute Gasteiger partial charge is 0.422 e. The zero-order valence-electron chi connectivity index (χ0n) is 14.8. The summed E-state index contributed by atoms with van der Waals surface area (Å²) in [6, 6.07) is 1.24. The van der Waals surface area contributed by atoms with Crippen molar-refractivity contribution in [3.8, 4) is 5.75 Å². The summed E-state index contributed by atoms with van der Waals surface area (Å²) in [6.07, 6.45) is -1.57. The van der Waals surface area contributed by atoms with Crippen LogP contribution in [0.3, 0.4) is 0 Å². The number of nitrogens with zero attached hydrogens (tertiary/aromatic N) is 1. The quantitative estimate of drug-likeness (QED) is 0.694. The van der Waals surface area contributed by atoms with E-state index in [4.69, 9.17) is 15.2 Å². The maximum atomic E-state index is 12.6. The van der Waals surface area contributed by atoms with Crippen LogP contribution in [0.25, 0.3) is 0 Å². The number of aromatic nitrogens is 1. The van der Waals surface area contributed by atoms with Gasteiger partial charge >= 0.3 is 6.18 Å². The van der Waals surface area contributed by atoms with Crippen LogP contribution in [0.1, 0.15) is 48.2 Å². The molecule has 0 bridgehead atoms. The zero-order chi connectivity index (χ0) is 19.8. The number of amides is 1. The molecule has 0 radical (unpaired) electrons. The minimum absolute atomic E-state index is 0.0157. The first kappa shape index (κ1) is 19.6. The number of hydrogen-bond acceptors (Lipinski definition) is 5. The van der Waals surface area contributed by atoms with Crippen LogP contribution in [0.2, 0.25) is 0 Å². The second kappa shape index (κ2) is 7.10. The minimum Gasteiger partial charge on any atom is -0.484 e. The molecule has 1 aromatic rings. The molecule has 1 saturated heterocycles. The number of pyridine rings is 1. The SMILES string of the molecule is CC1(C(CC(=O)c2cc(OCC(F)(F)F)c(C3CC3)cn2)C(N)=O)COC1. The lowest BCUT2D eigenvalue weighted by molar-refractivity contribution is -0.154. The molecule has 1 aromatic heterocycles. The van der Waals surface area contributed by atoms with Crippen LogP contribution in [0, 0.1) is 11.3 Å². The van der Waals surface area contributed by atoms with E-state index in [1.807, 2.05) is 0 Å². The zero-order valence-corrected chi connectivity index (χ0v) is 14.8. The summed E-state index contributed by atoms with van der Waals surface area (Å²) in [5.41, 5.74) is 5.45. The molecule has 3 rings (SSSR count). The van der Waals surface area contributed by atoms with E-state index < -0.39 is 35.8 Å². The minimum atomic E-state index is -4.48. The van der Waals surface area contributed by atoms with Crippen LogP contribution in [0.4, 0.5) is 13.2 Å². The van der Waals surface area contributed by atoms with Gasteiger partial charge in [0, 0.05) is 29.7 Å². The predicted octanol–water partition coefficient (Wildman–Crippen LogP) is 2.61. The number of primary amides is 1. The number of ketones is 1. The molecule has 2 aliphatic rings. The Balaban J connectivity index is 1.78. The third-order valence-electron chi connectivity index (χ3n) is 5.03. The Morgan fingerprint density at radius 3 is 2.56 bits per heavy atom. The topological polar surface area (TPSA) is 91.5 Å². The normalized spacial score (nSPS) is 19.9. The van der Waals surface area contributed by atoms with Gasteiger partial charge in [-0.2, -0.15) is 13.2 Å². The van der Waals surface area contributed by atoms with Crippen LogP contribution < -0.4 is 10.5 Å². The molecule has 1 unspecified atom stereocenters. The van der Waals surface area contributed by atoms with Gasteiger partial charge in [-0.25, -0.2) is 0 Å². The van der Waals surface area contributed by atoms with Crippen LogP contribution in [0.5, 0.6) is 5.75 Å². The van der Waals surface area contributed by atoms with E-state index in [2.05, 4.69) is 4.98 Å². The third-order valence-corrected chi connectivity index (χ3v) is 5.03. The van der Waals surface area contributed by atoms with Gasteiger partial charge < -0.3 is 15.2 Å². The summed E-state index contributed by atoms with van der Waals surface area (Å²) in [6.45, 7) is 1.01. The van der Waals surface area contributed by atoms with Crippen LogP contribution in [-0.4, -0.2) is 42.7 Å². The van der Waals surface area contributed by atoms with Crippen LogP contribution in [0.15, 0.2) is 12.3 Å². The van der Waals surface area contributed by atoms with Crippen molar-refractivity contribution in [2.24, 2.45) is 17.1 Å². The van der Waals surface area contributed by atoms with Crippen molar-refractivity contribution in [3.05, 3.63) is 23.5 Å². The highest BCUT2D eigenvalue weighted by molar-refractivity contribution is 5.97. The van der Waals surface area contributed by atoms with Gasteiger partial charge in [0.05, 0.1) is 19.1 Å². The van der Waals surface area contributed by atoms with Gasteiger partial charge in [-0.1, -0.05) is 6.92 Å². The summed E-state index contributed by atoms with van der Waals surface area (Å²) in [5, 5.41) is 0. The van der Waals surface area contributed by atoms with Gasteiger partial charge in [0.25, 0.3) is 0 Å². The lowest BCUT2D eigenvalue weighted by atomic mass is 9.72. The van der Waals surface area contributed by atoms with Gasteiger partial charge in [-0.3, -0.25) is 14.6 Å². The van der Waals surface area contributed by atoms with E-state index in [-0.39, 0.29) is 23.8 Å². The van der Waals surface area contributed by atoms with Crippen molar-refractivity contribution in [2.75, 3.05) is 19.8 Å². The third kappa shape index (κ3) is 4.58. The van der Waals surface area contributed by atoms with Crippen molar-refractivity contribution < 1.29 is 32.2 Å². The monoisotopic (exact) mass is 386 g/mol.